The van der Waals surface area contributed by atoms with Crippen molar-refractivity contribution in [3.8, 4) is 11.5 Å². The summed E-state index contributed by atoms with van der Waals surface area (Å²) in [5, 5.41) is 0. The molecule has 1 aromatic rings. The Bertz CT molecular complexity index is 1830. The highest BCUT2D eigenvalue weighted by atomic mass is 31.0. The largest absolute Gasteiger partial charge is 0.516 e. The van der Waals surface area contributed by atoms with E-state index in [1.807, 2.05) is 16.4 Å². The van der Waals surface area contributed by atoms with Crippen molar-refractivity contribution in [2.45, 2.75) is 252 Å². The number of cyclic esters (lactones) is 1. The molecule has 0 aromatic heterocycles. The van der Waals surface area contributed by atoms with Crippen molar-refractivity contribution in [2.75, 3.05) is 27.1 Å². The molecule has 0 radical (unpaired) electrons. The maximum atomic E-state index is 13.0. The first-order valence-electron chi connectivity index (χ1n) is 28.3. The number of carbonyl (C=O) groups excluding carboxylic acids is 7. The summed E-state index contributed by atoms with van der Waals surface area (Å²) in [6.45, 7) is 6.44. The number of allylic oxidation sites excluding steroid dienone is 2. The van der Waals surface area contributed by atoms with E-state index >= 15 is 0 Å². The summed E-state index contributed by atoms with van der Waals surface area (Å²) in [6.07, 6.45) is 30.3. The lowest BCUT2D eigenvalue weighted by Gasteiger charge is -2.18. The van der Waals surface area contributed by atoms with Gasteiger partial charge in [-0.3, -0.25) is 24.0 Å². The highest BCUT2D eigenvalue weighted by Crippen LogP contribution is 2.43. The van der Waals surface area contributed by atoms with Crippen LogP contribution in [0.25, 0.3) is 0 Å². The average Bonchev–Trinajstić information content (AvgIpc) is 3.79. The molecule has 1 aliphatic heterocycles. The molecule has 0 saturated carbocycles. The van der Waals surface area contributed by atoms with Crippen LogP contribution in [0.15, 0.2) is 11.6 Å². The maximum absolute atomic E-state index is 13.0. The molecule has 1 atom stereocenters. The van der Waals surface area contributed by atoms with Gasteiger partial charge in [0, 0.05) is 30.4 Å². The number of fused-ring (bicyclic) bond motifs is 1. The third-order valence-corrected chi connectivity index (χ3v) is 13.6. The number of ether oxygens (including phenoxy) is 8. The molecule has 16 nitrogen and oxygen atoms in total. The summed E-state index contributed by atoms with van der Waals surface area (Å²) in [7, 11) is 3.35. The summed E-state index contributed by atoms with van der Waals surface area (Å²) >= 11 is 0. The smallest absolute Gasteiger partial charge is 0.496 e. The van der Waals surface area contributed by atoms with E-state index in [4.69, 9.17) is 37.9 Å². The van der Waals surface area contributed by atoms with Crippen LogP contribution >= 0.6 is 9.47 Å². The number of esters is 5. The van der Waals surface area contributed by atoms with E-state index in [-0.39, 0.29) is 56.8 Å². The number of unbranched alkanes of at least 4 members (excludes halogenated alkanes) is 24. The third-order valence-electron chi connectivity index (χ3n) is 13.4. The van der Waals surface area contributed by atoms with Crippen LogP contribution in [-0.4, -0.2) is 75.2 Å². The van der Waals surface area contributed by atoms with E-state index in [0.29, 0.717) is 41.7 Å². The lowest BCUT2D eigenvalue weighted by molar-refractivity contribution is -0.168. The Kier molecular flexibility index (Phi) is 37.5. The van der Waals surface area contributed by atoms with Crippen LogP contribution in [-0.2, 0) is 69.9 Å². The van der Waals surface area contributed by atoms with Crippen LogP contribution in [0.3, 0.4) is 0 Å². The predicted molar refractivity (Wildman–Crippen MR) is 289 cm³/mol. The molecule has 426 valence electrons. The molecule has 17 heteroatoms. The van der Waals surface area contributed by atoms with Crippen molar-refractivity contribution >= 4 is 51.4 Å². The number of methoxy groups -OCH3 is 1. The van der Waals surface area contributed by atoms with E-state index in [1.54, 1.807) is 13.0 Å². The highest BCUT2D eigenvalue weighted by Gasteiger charge is 2.34. The van der Waals surface area contributed by atoms with Gasteiger partial charge in [-0.15, -0.1) is 0 Å². The SMILES string of the molecule is CCCCCCCCCCCCCCCC(=O)OCC(COC(=O)CCCCCCCCCCCCCCC)OC(=O)CCC(=O)OCOC(=O)Oc1c(C/C=C(\C)CCC(=O)OP)c(OC)c(C)c2c1C(=O)OC2. The highest BCUT2D eigenvalue weighted by molar-refractivity contribution is 7.10. The molecule has 0 N–H and O–H groups in total. The van der Waals surface area contributed by atoms with Gasteiger partial charge in [-0.2, -0.15) is 0 Å². The van der Waals surface area contributed by atoms with Crippen molar-refractivity contribution in [2.24, 2.45) is 0 Å². The molecular formula is C58H93O16P. The van der Waals surface area contributed by atoms with E-state index < -0.39 is 67.7 Å². The molecule has 2 rings (SSSR count). The number of rotatable bonds is 45. The third kappa shape index (κ3) is 30.6. The van der Waals surface area contributed by atoms with Crippen LogP contribution in [0.2, 0.25) is 0 Å². The second-order valence-electron chi connectivity index (χ2n) is 19.7. The minimum atomic E-state index is -1.30. The first-order chi connectivity index (χ1) is 36.3. The first-order valence-corrected chi connectivity index (χ1v) is 28.8. The number of benzene rings is 1. The van der Waals surface area contributed by atoms with E-state index in [2.05, 4.69) is 18.4 Å². The van der Waals surface area contributed by atoms with E-state index in [0.717, 1.165) is 44.1 Å². The molecule has 75 heavy (non-hydrogen) atoms. The fourth-order valence-electron chi connectivity index (χ4n) is 8.84. The molecule has 0 spiro atoms. The van der Waals surface area contributed by atoms with Gasteiger partial charge in [0.1, 0.15) is 31.1 Å². The number of hydrogen-bond donors (Lipinski definition) is 0. The minimum absolute atomic E-state index is 0.0286. The zero-order chi connectivity index (χ0) is 54.9. The number of carbonyl (C=O) groups is 7. The molecule has 1 heterocycles. The van der Waals surface area contributed by atoms with Crippen LogP contribution < -0.4 is 9.47 Å². The van der Waals surface area contributed by atoms with Crippen molar-refractivity contribution < 1.29 is 76.0 Å². The summed E-state index contributed by atoms with van der Waals surface area (Å²) in [5.74, 6) is -3.53. The Labute approximate surface area is 450 Å². The zero-order valence-electron chi connectivity index (χ0n) is 46.4. The van der Waals surface area contributed by atoms with Crippen molar-refractivity contribution in [3.63, 3.8) is 0 Å². The molecule has 0 bridgehead atoms. The van der Waals surface area contributed by atoms with Gasteiger partial charge in [-0.05, 0) is 45.1 Å². The quantitative estimate of drug-likeness (QED) is 0.0113. The standard InChI is InChI=1S/C58H93O16P/c1-6-8-10-12-14-16-18-20-22-24-26-28-30-32-49(59)67-40-46(41-68-50(60)33-31-29-27-25-23-21-19-17-15-13-11-9-7-2)72-52(62)39-38-51(61)70-43-71-58(65)73-56-47(36-34-44(3)35-37-53(63)74-75)55(66-5)45(4)48-42-69-57(64)54(48)56/h34,46H,6-33,35-43,75H2,1-5H3/b44-34+. The van der Waals surface area contributed by atoms with E-state index in [9.17, 15) is 33.6 Å². The van der Waals surface area contributed by atoms with Gasteiger partial charge in [-0.25, -0.2) is 9.59 Å². The second kappa shape index (κ2) is 42.4. The summed E-state index contributed by atoms with van der Waals surface area (Å²) in [6, 6.07) is 0. The summed E-state index contributed by atoms with van der Waals surface area (Å²) < 4.78 is 47.6. The van der Waals surface area contributed by atoms with Gasteiger partial charge >= 0.3 is 42.0 Å². The van der Waals surface area contributed by atoms with Crippen LogP contribution in [0, 0.1) is 6.92 Å². The van der Waals surface area contributed by atoms with Gasteiger partial charge in [0.15, 0.2) is 11.9 Å². The fraction of sp³-hybridized carbons (Fsp3) is 0.741. The maximum Gasteiger partial charge on any atom is 0.516 e. The predicted octanol–water partition coefficient (Wildman–Crippen LogP) is 14.0. The topological polar surface area (TPSA) is 203 Å². The Balaban J connectivity index is 1.87. The van der Waals surface area contributed by atoms with Crippen molar-refractivity contribution in [3.05, 3.63) is 33.9 Å². The van der Waals surface area contributed by atoms with Crippen LogP contribution in [0.4, 0.5) is 4.79 Å². The van der Waals surface area contributed by atoms with E-state index in [1.165, 1.54) is 123 Å². The lowest BCUT2D eigenvalue weighted by atomic mass is 9.94. The summed E-state index contributed by atoms with van der Waals surface area (Å²) in [5.41, 5.74) is 2.29. The average molecular weight is 1080 g/mol. The minimum Gasteiger partial charge on any atom is -0.496 e. The lowest BCUT2D eigenvalue weighted by Crippen LogP contribution is -2.31. The molecule has 0 amide bonds. The molecule has 1 aliphatic rings. The molecular weight excluding hydrogens is 984 g/mol. The van der Waals surface area contributed by atoms with Gasteiger partial charge < -0.3 is 42.4 Å². The monoisotopic (exact) mass is 1080 g/mol. The Hall–Kier alpha value is -4.72. The second-order valence-corrected chi connectivity index (χ2v) is 20.0. The molecule has 0 saturated heterocycles. The Morgan fingerprint density at radius 2 is 1.00 bits per heavy atom. The molecule has 0 fully saturated rings. The van der Waals surface area contributed by atoms with Crippen molar-refractivity contribution in [1.29, 1.82) is 0 Å². The Morgan fingerprint density at radius 1 is 0.560 bits per heavy atom. The summed E-state index contributed by atoms with van der Waals surface area (Å²) in [4.78, 5) is 88.5. The first kappa shape index (κ1) is 66.4. The van der Waals surface area contributed by atoms with Gasteiger partial charge in [-0.1, -0.05) is 180 Å². The van der Waals surface area contributed by atoms with Gasteiger partial charge in [0.2, 0.25) is 6.79 Å². The molecule has 0 aliphatic carbocycles. The fourth-order valence-corrected chi connectivity index (χ4v) is 8.96. The van der Waals surface area contributed by atoms with Crippen molar-refractivity contribution in [1.82, 2.24) is 0 Å². The van der Waals surface area contributed by atoms with Crippen LogP contribution in [0.1, 0.15) is 253 Å². The molecule has 1 unspecified atom stereocenters. The normalized spacial score (nSPS) is 12.0. The zero-order valence-corrected chi connectivity index (χ0v) is 47.6. The Morgan fingerprint density at radius 3 is 1.47 bits per heavy atom. The van der Waals surface area contributed by atoms with Gasteiger partial charge in [0.25, 0.3) is 0 Å². The molecule has 1 aromatic carbocycles. The van der Waals surface area contributed by atoms with Gasteiger partial charge in [0.05, 0.1) is 29.4 Å². The number of hydrogen-bond acceptors (Lipinski definition) is 16. The van der Waals surface area contributed by atoms with Crippen LogP contribution in [0.5, 0.6) is 11.5 Å².